The lowest BCUT2D eigenvalue weighted by Crippen LogP contribution is -2.27. The van der Waals surface area contributed by atoms with Gasteiger partial charge in [0.25, 0.3) is 5.22 Å². The quantitative estimate of drug-likeness (QED) is 0.900. The number of oxazole rings is 1. The Balaban J connectivity index is 1.80. The highest BCUT2D eigenvalue weighted by Crippen LogP contribution is 2.18. The van der Waals surface area contributed by atoms with Gasteiger partial charge in [0.05, 0.1) is 0 Å². The first-order valence-electron chi connectivity index (χ1n) is 5.80. The van der Waals surface area contributed by atoms with Gasteiger partial charge in [0.1, 0.15) is 16.3 Å². The van der Waals surface area contributed by atoms with Crippen LogP contribution in [-0.2, 0) is 10.8 Å². The number of hydrogen-bond acceptors (Lipinski definition) is 4. The number of nitrogens with zero attached hydrogens (tertiary/aromatic N) is 1. The number of aromatic nitrogens is 1. The minimum atomic E-state index is -1.15. The molecular weight excluding hydrogens is 236 g/mol. The molecule has 2 unspecified atom stereocenters. The first-order chi connectivity index (χ1) is 8.33. The van der Waals surface area contributed by atoms with E-state index in [4.69, 9.17) is 4.42 Å². The lowest BCUT2D eigenvalue weighted by molar-refractivity contribution is 0.476. The maximum atomic E-state index is 12.1. The van der Waals surface area contributed by atoms with Crippen LogP contribution in [0.4, 0.5) is 0 Å². The molecule has 1 N–H and O–H groups in total. The summed E-state index contributed by atoms with van der Waals surface area (Å²) in [6.07, 6.45) is 2.25. The van der Waals surface area contributed by atoms with Crippen LogP contribution in [0.25, 0.3) is 11.1 Å². The molecule has 0 bridgehead atoms. The molecule has 2 aromatic rings. The predicted octanol–water partition coefficient (Wildman–Crippen LogP) is 1.69. The fraction of sp³-hybridized carbons (Fsp3) is 0.417. The van der Waals surface area contributed by atoms with Crippen molar-refractivity contribution in [3.05, 3.63) is 24.3 Å². The van der Waals surface area contributed by atoms with Crippen LogP contribution in [-0.4, -0.2) is 27.5 Å². The van der Waals surface area contributed by atoms with Gasteiger partial charge in [0.15, 0.2) is 5.58 Å². The summed E-state index contributed by atoms with van der Waals surface area (Å²) in [4.78, 5) is 4.26. The zero-order valence-electron chi connectivity index (χ0n) is 9.39. The Morgan fingerprint density at radius 2 is 2.35 bits per heavy atom. The lowest BCUT2D eigenvalue weighted by Gasteiger charge is -2.06. The molecule has 0 saturated carbocycles. The van der Waals surface area contributed by atoms with Crippen LogP contribution in [0.3, 0.4) is 0 Å². The molecule has 4 nitrogen and oxygen atoms in total. The minimum absolute atomic E-state index is 0.339. The van der Waals surface area contributed by atoms with Crippen molar-refractivity contribution < 1.29 is 8.63 Å². The number of para-hydroxylation sites is 2. The van der Waals surface area contributed by atoms with Crippen molar-refractivity contribution in [2.45, 2.75) is 24.1 Å². The van der Waals surface area contributed by atoms with E-state index in [1.807, 2.05) is 24.3 Å². The second-order valence-corrected chi connectivity index (χ2v) is 5.63. The fourth-order valence-corrected chi connectivity index (χ4v) is 3.28. The van der Waals surface area contributed by atoms with Crippen molar-refractivity contribution in [1.29, 1.82) is 0 Å². The van der Waals surface area contributed by atoms with Crippen molar-refractivity contribution in [3.8, 4) is 0 Å². The van der Waals surface area contributed by atoms with Crippen LogP contribution in [0, 0.1) is 0 Å². The van der Waals surface area contributed by atoms with Gasteiger partial charge in [0, 0.05) is 11.8 Å². The topological polar surface area (TPSA) is 55.1 Å². The fourth-order valence-electron chi connectivity index (χ4n) is 2.10. The molecule has 0 amide bonds. The Morgan fingerprint density at radius 1 is 1.47 bits per heavy atom. The number of hydrogen-bond donors (Lipinski definition) is 1. The Kier molecular flexibility index (Phi) is 2.94. The molecule has 1 saturated heterocycles. The maximum Gasteiger partial charge on any atom is 0.287 e. The molecule has 1 aliphatic heterocycles. The number of benzene rings is 1. The highest BCUT2D eigenvalue weighted by atomic mass is 32.2. The molecule has 0 spiro atoms. The molecule has 17 heavy (non-hydrogen) atoms. The third-order valence-corrected chi connectivity index (χ3v) is 4.25. The third kappa shape index (κ3) is 2.25. The van der Waals surface area contributed by atoms with Gasteiger partial charge >= 0.3 is 0 Å². The molecule has 2 atom stereocenters. The van der Waals surface area contributed by atoms with Gasteiger partial charge in [-0.05, 0) is 31.5 Å². The van der Waals surface area contributed by atoms with Crippen LogP contribution < -0.4 is 5.32 Å². The smallest absolute Gasteiger partial charge is 0.287 e. The van der Waals surface area contributed by atoms with Gasteiger partial charge in [-0.2, -0.15) is 0 Å². The minimum Gasteiger partial charge on any atom is -0.430 e. The number of fused-ring (bicyclic) bond motifs is 1. The summed E-state index contributed by atoms with van der Waals surface area (Å²) in [6, 6.07) is 7.84. The Morgan fingerprint density at radius 3 is 3.12 bits per heavy atom. The van der Waals surface area contributed by atoms with E-state index in [9.17, 15) is 4.21 Å². The molecule has 0 aliphatic carbocycles. The summed E-state index contributed by atoms with van der Waals surface area (Å²) >= 11 is 0. The van der Waals surface area contributed by atoms with Gasteiger partial charge < -0.3 is 9.73 Å². The van der Waals surface area contributed by atoms with E-state index in [2.05, 4.69) is 10.3 Å². The van der Waals surface area contributed by atoms with Gasteiger partial charge in [-0.3, -0.25) is 0 Å². The summed E-state index contributed by atoms with van der Waals surface area (Å²) in [5.74, 6) is 0.590. The van der Waals surface area contributed by atoms with E-state index in [0.717, 1.165) is 24.9 Å². The monoisotopic (exact) mass is 250 g/mol. The first kappa shape index (κ1) is 10.9. The van der Waals surface area contributed by atoms with Crippen molar-refractivity contribution in [2.75, 3.05) is 12.3 Å². The maximum absolute atomic E-state index is 12.1. The average Bonchev–Trinajstić information content (AvgIpc) is 2.96. The standard InChI is InChI=1S/C12H14N2O2S/c15-17(8-9-4-3-7-13-9)12-14-10-5-1-2-6-11(10)16-12/h1-2,5-6,9,13H,3-4,7-8H2. The van der Waals surface area contributed by atoms with Gasteiger partial charge in [-0.25, -0.2) is 9.19 Å². The lowest BCUT2D eigenvalue weighted by atomic mass is 10.3. The molecule has 2 heterocycles. The van der Waals surface area contributed by atoms with Gasteiger partial charge in [0.2, 0.25) is 0 Å². The van der Waals surface area contributed by atoms with E-state index in [1.165, 1.54) is 0 Å². The highest BCUT2D eigenvalue weighted by molar-refractivity contribution is 7.84. The van der Waals surface area contributed by atoms with Crippen LogP contribution in [0.1, 0.15) is 12.8 Å². The molecular formula is C12H14N2O2S. The summed E-state index contributed by atoms with van der Waals surface area (Å²) in [6.45, 7) is 1.02. The molecule has 90 valence electrons. The zero-order valence-corrected chi connectivity index (χ0v) is 10.2. The number of nitrogens with one attached hydrogen (secondary N) is 1. The first-order valence-corrected chi connectivity index (χ1v) is 7.12. The van der Waals surface area contributed by atoms with Crippen molar-refractivity contribution >= 4 is 21.9 Å². The van der Waals surface area contributed by atoms with Crippen LogP contribution in [0.2, 0.25) is 0 Å². The van der Waals surface area contributed by atoms with E-state index in [-0.39, 0.29) is 0 Å². The average molecular weight is 250 g/mol. The second-order valence-electron chi connectivity index (χ2n) is 4.25. The van der Waals surface area contributed by atoms with Gasteiger partial charge in [-0.15, -0.1) is 0 Å². The summed E-state index contributed by atoms with van der Waals surface area (Å²) in [5.41, 5.74) is 1.48. The summed E-state index contributed by atoms with van der Waals surface area (Å²) in [5, 5.41) is 3.68. The van der Waals surface area contributed by atoms with E-state index in [0.29, 0.717) is 22.6 Å². The zero-order chi connectivity index (χ0) is 11.7. The predicted molar refractivity (Wildman–Crippen MR) is 66.3 cm³/mol. The van der Waals surface area contributed by atoms with Crippen molar-refractivity contribution in [2.24, 2.45) is 0 Å². The second kappa shape index (κ2) is 4.58. The van der Waals surface area contributed by atoms with Crippen molar-refractivity contribution in [1.82, 2.24) is 10.3 Å². The van der Waals surface area contributed by atoms with Crippen LogP contribution in [0.5, 0.6) is 0 Å². The molecule has 5 heteroatoms. The molecule has 1 fully saturated rings. The molecule has 3 rings (SSSR count). The van der Waals surface area contributed by atoms with Crippen molar-refractivity contribution in [3.63, 3.8) is 0 Å². The summed E-state index contributed by atoms with van der Waals surface area (Å²) in [7, 11) is -1.15. The number of rotatable bonds is 3. The van der Waals surface area contributed by atoms with Crippen LogP contribution in [0.15, 0.2) is 33.9 Å². The van der Waals surface area contributed by atoms with E-state index >= 15 is 0 Å². The van der Waals surface area contributed by atoms with Crippen LogP contribution >= 0.6 is 0 Å². The third-order valence-electron chi connectivity index (χ3n) is 2.98. The highest BCUT2D eigenvalue weighted by Gasteiger charge is 2.20. The van der Waals surface area contributed by atoms with E-state index in [1.54, 1.807) is 0 Å². The SMILES string of the molecule is O=S(CC1CCCN1)c1nc2ccccc2o1. The largest absolute Gasteiger partial charge is 0.430 e. The molecule has 0 radical (unpaired) electrons. The van der Waals surface area contributed by atoms with E-state index < -0.39 is 10.8 Å². The molecule has 1 aliphatic rings. The molecule has 1 aromatic carbocycles. The Hall–Kier alpha value is -1.20. The summed E-state index contributed by atoms with van der Waals surface area (Å²) < 4.78 is 17.6. The Labute approximate surface area is 102 Å². The Bertz CT molecular complexity index is 513. The molecule has 1 aromatic heterocycles. The normalized spacial score (nSPS) is 22.0. The van der Waals surface area contributed by atoms with Gasteiger partial charge in [-0.1, -0.05) is 12.1 Å².